The second kappa shape index (κ2) is 2.87. The van der Waals surface area contributed by atoms with E-state index in [-0.39, 0.29) is 11.5 Å². The summed E-state index contributed by atoms with van der Waals surface area (Å²) in [7, 11) is 2.93. The molecule has 1 aliphatic heterocycles. The third-order valence-corrected chi connectivity index (χ3v) is 2.30. The number of nitrogens with zero attached hydrogens (tertiary/aromatic N) is 1. The summed E-state index contributed by atoms with van der Waals surface area (Å²) in [6, 6.07) is 0. The Labute approximate surface area is 77.2 Å². The summed E-state index contributed by atoms with van der Waals surface area (Å²) in [5.74, 6) is -0.848. The van der Waals surface area contributed by atoms with Gasteiger partial charge in [-0.25, -0.2) is 4.79 Å². The quantitative estimate of drug-likeness (QED) is 0.435. The van der Waals surface area contributed by atoms with Gasteiger partial charge in [0.15, 0.2) is 0 Å². The summed E-state index contributed by atoms with van der Waals surface area (Å²) in [5, 5.41) is 0. The SMILES string of the molecule is COC(=O)C1=CC(C)(C)N(C)C1=O. The number of esters is 1. The molecule has 0 aromatic rings. The van der Waals surface area contributed by atoms with Crippen molar-refractivity contribution in [2.75, 3.05) is 14.2 Å². The lowest BCUT2D eigenvalue weighted by molar-refractivity contribution is -0.139. The first-order valence-corrected chi connectivity index (χ1v) is 3.99. The minimum atomic E-state index is -0.567. The number of carbonyl (C=O) groups is 2. The van der Waals surface area contributed by atoms with E-state index in [4.69, 9.17) is 0 Å². The number of carbonyl (C=O) groups excluding carboxylic acids is 2. The minimum absolute atomic E-state index is 0.120. The van der Waals surface area contributed by atoms with Crippen LogP contribution in [0.3, 0.4) is 0 Å². The van der Waals surface area contributed by atoms with Crippen molar-refractivity contribution < 1.29 is 14.3 Å². The number of hydrogen-bond acceptors (Lipinski definition) is 3. The van der Waals surface area contributed by atoms with Crippen molar-refractivity contribution in [1.29, 1.82) is 0 Å². The fourth-order valence-corrected chi connectivity index (χ4v) is 1.21. The Bertz CT molecular complexity index is 291. The van der Waals surface area contributed by atoms with Crippen LogP contribution in [-0.2, 0) is 14.3 Å². The summed E-state index contributed by atoms with van der Waals surface area (Å²) in [5.41, 5.74) is -0.282. The van der Waals surface area contributed by atoms with E-state index in [0.29, 0.717) is 0 Å². The molecule has 1 rings (SSSR count). The van der Waals surface area contributed by atoms with Crippen LogP contribution >= 0.6 is 0 Å². The molecule has 72 valence electrons. The summed E-state index contributed by atoms with van der Waals surface area (Å²) in [6.07, 6.45) is 1.63. The van der Waals surface area contributed by atoms with Crippen LogP contribution in [-0.4, -0.2) is 36.5 Å². The fourth-order valence-electron chi connectivity index (χ4n) is 1.21. The number of rotatable bonds is 1. The van der Waals surface area contributed by atoms with Gasteiger partial charge in [0.1, 0.15) is 5.57 Å². The molecule has 0 saturated carbocycles. The first-order chi connectivity index (χ1) is 5.90. The third kappa shape index (κ3) is 1.43. The molecule has 0 bridgehead atoms. The van der Waals surface area contributed by atoms with Gasteiger partial charge in [-0.2, -0.15) is 0 Å². The van der Waals surface area contributed by atoms with E-state index in [9.17, 15) is 9.59 Å². The molecule has 0 saturated heterocycles. The molecular weight excluding hydrogens is 170 g/mol. The van der Waals surface area contributed by atoms with Crippen molar-refractivity contribution in [3.05, 3.63) is 11.6 Å². The zero-order valence-electron chi connectivity index (χ0n) is 8.25. The molecule has 4 heteroatoms. The van der Waals surface area contributed by atoms with Crippen LogP contribution in [0.15, 0.2) is 11.6 Å². The lowest BCUT2D eigenvalue weighted by Gasteiger charge is -2.26. The molecule has 0 radical (unpaired) electrons. The van der Waals surface area contributed by atoms with Crippen LogP contribution in [0.25, 0.3) is 0 Å². The molecule has 0 aromatic carbocycles. The van der Waals surface area contributed by atoms with E-state index < -0.39 is 11.5 Å². The average Bonchev–Trinajstić information content (AvgIpc) is 2.28. The highest BCUT2D eigenvalue weighted by atomic mass is 16.5. The van der Waals surface area contributed by atoms with Crippen LogP contribution in [0.5, 0.6) is 0 Å². The van der Waals surface area contributed by atoms with Gasteiger partial charge in [0.25, 0.3) is 5.91 Å². The highest BCUT2D eigenvalue weighted by molar-refractivity contribution is 6.18. The van der Waals surface area contributed by atoms with E-state index in [1.165, 1.54) is 12.0 Å². The molecule has 0 aliphatic carbocycles. The second-order valence-electron chi connectivity index (χ2n) is 3.57. The molecule has 0 N–H and O–H groups in total. The lowest BCUT2D eigenvalue weighted by atomic mass is 10.1. The van der Waals surface area contributed by atoms with E-state index in [1.807, 2.05) is 13.8 Å². The van der Waals surface area contributed by atoms with Crippen molar-refractivity contribution in [1.82, 2.24) is 4.90 Å². The molecule has 4 nitrogen and oxygen atoms in total. The van der Waals surface area contributed by atoms with Gasteiger partial charge in [-0.15, -0.1) is 0 Å². The standard InChI is InChI=1S/C9H13NO3/c1-9(2)5-6(8(12)13-4)7(11)10(9)3/h5H,1-4H3. The molecular formula is C9H13NO3. The summed E-state index contributed by atoms with van der Waals surface area (Å²) < 4.78 is 4.49. The first-order valence-electron chi connectivity index (χ1n) is 3.99. The number of ether oxygens (including phenoxy) is 1. The molecule has 1 amide bonds. The zero-order chi connectivity index (χ0) is 10.2. The van der Waals surface area contributed by atoms with Gasteiger partial charge >= 0.3 is 5.97 Å². The Kier molecular flexibility index (Phi) is 2.15. The smallest absolute Gasteiger partial charge is 0.343 e. The maximum atomic E-state index is 11.5. The van der Waals surface area contributed by atoms with E-state index in [2.05, 4.69) is 4.74 Å². The number of likely N-dealkylation sites (N-methyl/N-ethyl adjacent to an activating group) is 1. The van der Waals surface area contributed by atoms with Crippen molar-refractivity contribution in [3.8, 4) is 0 Å². The maximum Gasteiger partial charge on any atom is 0.343 e. The topological polar surface area (TPSA) is 46.6 Å². The van der Waals surface area contributed by atoms with Crippen molar-refractivity contribution in [2.45, 2.75) is 19.4 Å². The van der Waals surface area contributed by atoms with Crippen LogP contribution in [0.1, 0.15) is 13.8 Å². The third-order valence-electron chi connectivity index (χ3n) is 2.30. The van der Waals surface area contributed by atoms with Crippen molar-refractivity contribution >= 4 is 11.9 Å². The predicted octanol–water partition coefficient (Wildman–Crippen LogP) is 0.336. The average molecular weight is 183 g/mol. The Morgan fingerprint density at radius 3 is 2.38 bits per heavy atom. The maximum absolute atomic E-state index is 11.5. The highest BCUT2D eigenvalue weighted by Crippen LogP contribution is 2.26. The highest BCUT2D eigenvalue weighted by Gasteiger charge is 2.38. The normalized spacial score (nSPS) is 20.2. The largest absolute Gasteiger partial charge is 0.465 e. The van der Waals surface area contributed by atoms with Gasteiger partial charge in [-0.1, -0.05) is 0 Å². The van der Waals surface area contributed by atoms with Crippen molar-refractivity contribution in [3.63, 3.8) is 0 Å². The second-order valence-corrected chi connectivity index (χ2v) is 3.57. The van der Waals surface area contributed by atoms with Crippen LogP contribution in [0.2, 0.25) is 0 Å². The van der Waals surface area contributed by atoms with Gasteiger partial charge in [0, 0.05) is 7.05 Å². The predicted molar refractivity (Wildman–Crippen MR) is 46.9 cm³/mol. The summed E-state index contributed by atoms with van der Waals surface area (Å²) in [6.45, 7) is 3.72. The fraction of sp³-hybridized carbons (Fsp3) is 0.556. The van der Waals surface area contributed by atoms with Gasteiger partial charge in [0.2, 0.25) is 0 Å². The minimum Gasteiger partial charge on any atom is -0.465 e. The molecule has 13 heavy (non-hydrogen) atoms. The Hall–Kier alpha value is -1.32. The van der Waals surface area contributed by atoms with Gasteiger partial charge in [-0.05, 0) is 19.9 Å². The molecule has 0 fully saturated rings. The molecule has 0 aromatic heterocycles. The molecule has 1 heterocycles. The summed E-state index contributed by atoms with van der Waals surface area (Å²) in [4.78, 5) is 24.1. The van der Waals surface area contributed by atoms with Crippen LogP contribution in [0, 0.1) is 0 Å². The summed E-state index contributed by atoms with van der Waals surface area (Å²) >= 11 is 0. The van der Waals surface area contributed by atoms with Crippen LogP contribution < -0.4 is 0 Å². The Balaban J connectivity index is 3.02. The Morgan fingerprint density at radius 1 is 1.54 bits per heavy atom. The number of methoxy groups -OCH3 is 1. The van der Waals surface area contributed by atoms with Gasteiger partial charge in [0.05, 0.1) is 12.6 Å². The number of amides is 1. The Morgan fingerprint density at radius 2 is 2.08 bits per heavy atom. The van der Waals surface area contributed by atoms with Crippen LogP contribution in [0.4, 0.5) is 0 Å². The van der Waals surface area contributed by atoms with E-state index in [1.54, 1.807) is 13.1 Å². The monoisotopic (exact) mass is 183 g/mol. The molecule has 0 atom stereocenters. The molecule has 1 aliphatic rings. The first kappa shape index (κ1) is 9.77. The van der Waals surface area contributed by atoms with Gasteiger partial charge < -0.3 is 9.64 Å². The van der Waals surface area contributed by atoms with E-state index in [0.717, 1.165) is 0 Å². The number of hydrogen-bond donors (Lipinski definition) is 0. The van der Waals surface area contributed by atoms with E-state index >= 15 is 0 Å². The molecule has 0 unspecified atom stereocenters. The van der Waals surface area contributed by atoms with Gasteiger partial charge in [-0.3, -0.25) is 4.79 Å². The molecule has 0 spiro atoms. The lowest BCUT2D eigenvalue weighted by Crippen LogP contribution is -2.38. The van der Waals surface area contributed by atoms with Crippen molar-refractivity contribution in [2.24, 2.45) is 0 Å². The zero-order valence-corrected chi connectivity index (χ0v) is 8.25.